The van der Waals surface area contributed by atoms with E-state index in [-0.39, 0.29) is 0 Å². The van der Waals surface area contributed by atoms with E-state index < -0.39 is 17.5 Å². The van der Waals surface area contributed by atoms with Gasteiger partial charge < -0.3 is 0 Å². The molecule has 0 bridgehead atoms. The number of halogens is 1. The van der Waals surface area contributed by atoms with E-state index in [1.165, 1.54) is 20.5 Å². The van der Waals surface area contributed by atoms with Crippen LogP contribution in [0.1, 0.15) is 0 Å². The van der Waals surface area contributed by atoms with Crippen molar-refractivity contribution in [3.63, 3.8) is 0 Å². The third-order valence-electron chi connectivity index (χ3n) is 4.27. The van der Waals surface area contributed by atoms with E-state index in [9.17, 15) is 0 Å². The molecule has 0 amide bonds. The van der Waals surface area contributed by atoms with Crippen molar-refractivity contribution in [1.29, 1.82) is 0 Å². The molecule has 0 spiro atoms. The molecule has 0 fully saturated rings. The zero-order chi connectivity index (χ0) is 20.7. The second-order valence-corrected chi connectivity index (χ2v) is 11.4. The van der Waals surface area contributed by atoms with Gasteiger partial charge in [0.05, 0.1) is 0 Å². The molecule has 29 heavy (non-hydrogen) atoms. The van der Waals surface area contributed by atoms with Crippen LogP contribution in [0.3, 0.4) is 0 Å². The Labute approximate surface area is 176 Å². The topological polar surface area (TPSA) is 92.2 Å². The summed E-state index contributed by atoms with van der Waals surface area (Å²) in [5.41, 5.74) is 0. The minimum Gasteiger partial charge on any atom is -0.222 e. The van der Waals surface area contributed by atoms with Crippen LogP contribution in [0, 0.1) is 10.2 Å². The van der Waals surface area contributed by atoms with Crippen molar-refractivity contribution in [3.8, 4) is 0 Å². The number of hydrogen-bond donors (Lipinski definition) is 0. The Morgan fingerprint density at radius 3 is 1.14 bits per heavy atom. The number of rotatable bonds is 4. The highest BCUT2D eigenvalue weighted by Gasteiger charge is 2.48. The van der Waals surface area contributed by atoms with Crippen LogP contribution in [0.2, 0.25) is 0 Å². The molecule has 0 unspecified atom stereocenters. The molecule has 0 aliphatic carbocycles. The minimum absolute atomic E-state index is 1.41. The van der Waals surface area contributed by atoms with Crippen molar-refractivity contribution in [2.75, 3.05) is 0 Å². The van der Waals surface area contributed by atoms with Gasteiger partial charge in [0.25, 0.3) is 0 Å². The first-order chi connectivity index (χ1) is 13.9. The van der Waals surface area contributed by atoms with Crippen LogP contribution in [-0.2, 0) is 0 Å². The Bertz CT molecular complexity index is 889. The summed E-state index contributed by atoms with van der Waals surface area (Å²) in [5.74, 6) is 0. The molecular weight excluding hydrogens is 427 g/mol. The fraction of sp³-hybridized carbons (Fsp3) is 0. The Morgan fingerprint density at radius 1 is 0.517 bits per heavy atom. The van der Waals surface area contributed by atoms with Gasteiger partial charge in [-0.1, -0.05) is 54.6 Å². The highest BCUT2D eigenvalue weighted by atomic mass is 35.7. The molecule has 0 saturated heterocycles. The van der Waals surface area contributed by atoms with Crippen molar-refractivity contribution in [2.24, 2.45) is 0 Å². The van der Waals surface area contributed by atoms with Crippen molar-refractivity contribution < 1.29 is 28.9 Å². The van der Waals surface area contributed by atoms with Gasteiger partial charge in [0.15, 0.2) is 11.9 Å². The predicted molar refractivity (Wildman–Crippen MR) is 109 cm³/mol. The summed E-state index contributed by atoms with van der Waals surface area (Å²) in [7, 11) is -6.78. The second kappa shape index (κ2) is 9.61. The Hall–Kier alpha value is -2.08. The normalized spacial score (nSPS) is 11.4. The molecule has 0 N–H and O–H groups in total. The molecule has 0 aliphatic heterocycles. The highest BCUT2D eigenvalue weighted by Crippen LogP contribution is 2.55. The van der Waals surface area contributed by atoms with Gasteiger partial charge in [-0.05, 0) is 53.9 Å². The molecule has 4 rings (SSSR count). The molecule has 3 aromatic carbocycles. The molecule has 0 aliphatic rings. The smallest absolute Gasteiger partial charge is 0.162 e. The molecule has 0 atom stereocenters. The number of benzene rings is 3. The third-order valence-corrected chi connectivity index (χ3v) is 10.1. The second-order valence-electron chi connectivity index (χ2n) is 6.01. The summed E-state index contributed by atoms with van der Waals surface area (Å²) in [6.07, 6.45) is 0. The van der Waals surface area contributed by atoms with Crippen LogP contribution < -0.4 is 39.2 Å². The molecule has 0 radical (unpaired) electrons. The van der Waals surface area contributed by atoms with Gasteiger partial charge in [0.1, 0.15) is 15.9 Å². The van der Waals surface area contributed by atoms with Gasteiger partial charge in [0.2, 0.25) is 0 Å². The predicted octanol–water partition coefficient (Wildman–Crippen LogP) is -0.388. The molecule has 1 heterocycles. The monoisotopic (exact) mass is 444 g/mol. The molecule has 0 saturated carbocycles. The Kier molecular flexibility index (Phi) is 7.17. The van der Waals surface area contributed by atoms with Crippen LogP contribution in [0.25, 0.3) is 0 Å². The Morgan fingerprint density at radius 2 is 0.862 bits per heavy atom. The van der Waals surface area contributed by atoms with E-state index in [0.29, 0.717) is 0 Å². The first-order valence-electron chi connectivity index (χ1n) is 8.64. The standard InChI is InChI=1S/C22H18PS.ClHO4/c1-4-11-19(12-5-1)23(22-17-10-18-24-22,20-13-6-2-7-14-20)21-15-8-3-9-16-21;2-1(3,4)5/h1-18H;(H,2,3,4,5)/q+1;/p-1. The van der Waals surface area contributed by atoms with Crippen LogP contribution in [0.4, 0.5) is 0 Å². The van der Waals surface area contributed by atoms with Crippen LogP contribution in [0.15, 0.2) is 109 Å². The Balaban J connectivity index is 0.000000431. The average Bonchev–Trinajstić information content (AvgIpc) is 3.25. The summed E-state index contributed by atoms with van der Waals surface area (Å²) < 4.78 is 35.4. The van der Waals surface area contributed by atoms with Gasteiger partial charge in [-0.2, -0.15) is 0 Å². The van der Waals surface area contributed by atoms with E-state index >= 15 is 0 Å². The lowest BCUT2D eigenvalue weighted by molar-refractivity contribution is -2.00. The maximum absolute atomic E-state index is 8.49. The van der Waals surface area contributed by atoms with Crippen molar-refractivity contribution in [3.05, 3.63) is 109 Å². The first-order valence-corrected chi connectivity index (χ1v) is 12.5. The van der Waals surface area contributed by atoms with E-state index in [4.69, 9.17) is 18.6 Å². The summed E-state index contributed by atoms with van der Waals surface area (Å²) >= 11 is 1.86. The molecular formula is C22H18ClO4PS. The maximum Gasteiger partial charge on any atom is 0.162 e. The highest BCUT2D eigenvalue weighted by molar-refractivity contribution is 8.04. The maximum atomic E-state index is 8.49. The van der Waals surface area contributed by atoms with Gasteiger partial charge in [-0.3, -0.25) is 0 Å². The summed E-state index contributed by atoms with van der Waals surface area (Å²) in [6, 6.07) is 37.4. The van der Waals surface area contributed by atoms with E-state index in [1.54, 1.807) is 0 Å². The van der Waals surface area contributed by atoms with E-state index in [0.717, 1.165) is 0 Å². The molecule has 7 heteroatoms. The summed E-state index contributed by atoms with van der Waals surface area (Å²) in [5, 5.41) is 6.42. The minimum atomic E-state index is -4.94. The third kappa shape index (κ3) is 5.30. The zero-order valence-electron chi connectivity index (χ0n) is 15.3. The lowest BCUT2D eigenvalue weighted by atomic mass is 10.4. The summed E-state index contributed by atoms with van der Waals surface area (Å²) in [6.45, 7) is 0. The van der Waals surface area contributed by atoms with Gasteiger partial charge >= 0.3 is 0 Å². The van der Waals surface area contributed by atoms with Gasteiger partial charge in [-0.15, -0.1) is 21.6 Å². The van der Waals surface area contributed by atoms with E-state index in [2.05, 4.69) is 109 Å². The fourth-order valence-corrected chi connectivity index (χ4v) is 9.29. The van der Waals surface area contributed by atoms with Crippen molar-refractivity contribution in [2.45, 2.75) is 0 Å². The zero-order valence-corrected chi connectivity index (χ0v) is 17.7. The number of thiophene rings is 1. The van der Waals surface area contributed by atoms with E-state index in [1.807, 2.05) is 11.3 Å². The lowest BCUT2D eigenvalue weighted by Gasteiger charge is -2.25. The van der Waals surface area contributed by atoms with Crippen LogP contribution in [0.5, 0.6) is 0 Å². The van der Waals surface area contributed by atoms with Crippen LogP contribution >= 0.6 is 18.6 Å². The van der Waals surface area contributed by atoms with Gasteiger partial charge in [0, 0.05) is 0 Å². The SMILES string of the molecule is [O-][Cl+3]([O-])([O-])[O-].c1ccc([P+](c2ccccc2)(c2ccccc2)c2cccs2)cc1. The quantitative estimate of drug-likeness (QED) is 0.401. The van der Waals surface area contributed by atoms with Gasteiger partial charge in [-0.25, -0.2) is 18.6 Å². The number of hydrogen-bond acceptors (Lipinski definition) is 5. The first kappa shape index (κ1) is 21.6. The van der Waals surface area contributed by atoms with Crippen molar-refractivity contribution in [1.82, 2.24) is 0 Å². The molecule has 148 valence electrons. The molecule has 4 aromatic rings. The summed E-state index contributed by atoms with van der Waals surface area (Å²) in [4.78, 5) is 0. The average molecular weight is 445 g/mol. The largest absolute Gasteiger partial charge is 0.222 e. The lowest BCUT2D eigenvalue weighted by Crippen LogP contribution is -2.68. The molecule has 1 aromatic heterocycles. The van der Waals surface area contributed by atoms with Crippen LogP contribution in [-0.4, -0.2) is 0 Å². The fourth-order valence-electron chi connectivity index (χ4n) is 3.24. The molecule has 4 nitrogen and oxygen atoms in total. The van der Waals surface area contributed by atoms with Crippen molar-refractivity contribution >= 4 is 39.1 Å².